The minimum Gasteiger partial charge on any atom is -0.505 e. The Balaban J connectivity index is 1.59. The molecule has 28 heavy (non-hydrogen) atoms. The summed E-state index contributed by atoms with van der Waals surface area (Å²) < 4.78 is 0. The molecular formula is C21H19ClN2O4. The Bertz CT molecular complexity index is 980. The number of halogens is 1. The van der Waals surface area contributed by atoms with E-state index in [9.17, 15) is 19.8 Å². The molecule has 0 unspecified atom stereocenters. The van der Waals surface area contributed by atoms with Crippen LogP contribution in [-0.2, 0) is 6.54 Å². The van der Waals surface area contributed by atoms with Gasteiger partial charge >= 0.3 is 0 Å². The summed E-state index contributed by atoms with van der Waals surface area (Å²) in [5.74, 6) is -1.89. The third-order valence-electron chi connectivity index (χ3n) is 5.18. The fourth-order valence-corrected chi connectivity index (χ4v) is 4.04. The SMILES string of the molecule is O=C1C=CC(=O)c2c(O)c(N3CCN(Cc4ccccc4)CC3)c(Cl)c(O)c21. The average Bonchev–Trinajstić information content (AvgIpc) is 2.70. The first kappa shape index (κ1) is 18.5. The maximum atomic E-state index is 12.2. The molecule has 1 fully saturated rings. The van der Waals surface area contributed by atoms with Crippen LogP contribution in [0.25, 0.3) is 0 Å². The van der Waals surface area contributed by atoms with Crippen molar-refractivity contribution in [1.82, 2.24) is 4.90 Å². The van der Waals surface area contributed by atoms with Crippen molar-refractivity contribution in [2.75, 3.05) is 31.1 Å². The smallest absolute Gasteiger partial charge is 0.190 e. The van der Waals surface area contributed by atoms with E-state index in [0.29, 0.717) is 13.1 Å². The van der Waals surface area contributed by atoms with Gasteiger partial charge in [-0.25, -0.2) is 0 Å². The summed E-state index contributed by atoms with van der Waals surface area (Å²) >= 11 is 6.30. The summed E-state index contributed by atoms with van der Waals surface area (Å²) in [5.41, 5.74) is 1.01. The number of ketones is 2. The number of allylic oxidation sites excluding steroid dienone is 2. The molecule has 7 heteroatoms. The van der Waals surface area contributed by atoms with Crippen molar-refractivity contribution < 1.29 is 19.8 Å². The standard InChI is InChI=1S/C21H19ClN2O4/c22-18-19(21(28)17-15(26)7-6-14(25)16(17)20(18)27)24-10-8-23(9-11-24)12-13-4-2-1-3-5-13/h1-7,27-28H,8-12H2. The normalized spacial score (nSPS) is 17.1. The number of nitrogens with zero attached hydrogens (tertiary/aromatic N) is 2. The van der Waals surface area contributed by atoms with E-state index in [4.69, 9.17) is 11.6 Å². The summed E-state index contributed by atoms with van der Waals surface area (Å²) in [6.07, 6.45) is 2.17. The van der Waals surface area contributed by atoms with E-state index < -0.39 is 17.3 Å². The van der Waals surface area contributed by atoms with Crippen molar-refractivity contribution >= 4 is 28.9 Å². The molecule has 4 rings (SSSR count). The predicted molar refractivity (Wildman–Crippen MR) is 107 cm³/mol. The molecule has 2 N–H and O–H groups in total. The van der Waals surface area contributed by atoms with Crippen molar-refractivity contribution in [2.24, 2.45) is 0 Å². The molecule has 0 atom stereocenters. The molecule has 1 saturated heterocycles. The minimum atomic E-state index is -0.552. The Morgan fingerprint density at radius 3 is 2.04 bits per heavy atom. The van der Waals surface area contributed by atoms with Crippen molar-refractivity contribution in [2.45, 2.75) is 6.54 Å². The van der Waals surface area contributed by atoms with Crippen LogP contribution in [0.2, 0.25) is 5.02 Å². The van der Waals surface area contributed by atoms with Gasteiger partial charge in [-0.05, 0) is 17.7 Å². The van der Waals surface area contributed by atoms with E-state index in [1.165, 1.54) is 5.56 Å². The van der Waals surface area contributed by atoms with Crippen molar-refractivity contribution in [3.8, 4) is 11.5 Å². The number of benzene rings is 2. The number of hydrogen-bond acceptors (Lipinski definition) is 6. The highest BCUT2D eigenvalue weighted by molar-refractivity contribution is 6.37. The summed E-state index contributed by atoms with van der Waals surface area (Å²) in [6.45, 7) is 3.42. The first-order valence-electron chi connectivity index (χ1n) is 9.02. The highest BCUT2D eigenvalue weighted by atomic mass is 35.5. The average molecular weight is 399 g/mol. The number of phenolic OH excluding ortho intramolecular Hbond substituents is 2. The highest BCUT2D eigenvalue weighted by Gasteiger charge is 2.34. The third kappa shape index (κ3) is 3.15. The van der Waals surface area contributed by atoms with Gasteiger partial charge in [0.05, 0.1) is 11.1 Å². The number of anilines is 1. The van der Waals surface area contributed by atoms with Gasteiger partial charge in [0.25, 0.3) is 0 Å². The van der Waals surface area contributed by atoms with Crippen LogP contribution >= 0.6 is 11.6 Å². The predicted octanol–water partition coefficient (Wildman–Crippen LogP) is 3.01. The molecule has 0 amide bonds. The van der Waals surface area contributed by atoms with Crippen LogP contribution in [0.4, 0.5) is 5.69 Å². The van der Waals surface area contributed by atoms with Gasteiger partial charge in [0.2, 0.25) is 0 Å². The lowest BCUT2D eigenvalue weighted by molar-refractivity contribution is 0.0989. The number of fused-ring (bicyclic) bond motifs is 1. The van der Waals surface area contributed by atoms with Gasteiger partial charge in [0.15, 0.2) is 17.3 Å². The molecule has 6 nitrogen and oxygen atoms in total. The zero-order valence-electron chi connectivity index (χ0n) is 15.1. The molecular weight excluding hydrogens is 380 g/mol. The van der Waals surface area contributed by atoms with Crippen molar-refractivity contribution in [3.05, 3.63) is 64.2 Å². The van der Waals surface area contributed by atoms with Gasteiger partial charge in [-0.1, -0.05) is 41.9 Å². The number of hydrogen-bond donors (Lipinski definition) is 2. The van der Waals surface area contributed by atoms with Gasteiger partial charge in [0.1, 0.15) is 16.5 Å². The number of aromatic hydroxyl groups is 2. The van der Waals surface area contributed by atoms with Crippen LogP contribution in [-0.4, -0.2) is 52.9 Å². The van der Waals surface area contributed by atoms with Gasteiger partial charge in [-0.2, -0.15) is 0 Å². The third-order valence-corrected chi connectivity index (χ3v) is 5.54. The van der Waals surface area contributed by atoms with E-state index in [1.54, 1.807) is 0 Å². The molecule has 2 aromatic rings. The van der Waals surface area contributed by atoms with Gasteiger partial charge in [-0.3, -0.25) is 14.5 Å². The summed E-state index contributed by atoms with van der Waals surface area (Å²) in [7, 11) is 0. The largest absolute Gasteiger partial charge is 0.505 e. The highest BCUT2D eigenvalue weighted by Crippen LogP contribution is 2.48. The van der Waals surface area contributed by atoms with Crippen LogP contribution in [0.3, 0.4) is 0 Å². The Hall–Kier alpha value is -2.83. The van der Waals surface area contributed by atoms with Gasteiger partial charge < -0.3 is 15.1 Å². The van der Waals surface area contributed by atoms with E-state index in [2.05, 4.69) is 17.0 Å². The lowest BCUT2D eigenvalue weighted by Crippen LogP contribution is -2.46. The second kappa shape index (κ2) is 7.30. The summed E-state index contributed by atoms with van der Waals surface area (Å²) in [6, 6.07) is 10.1. The first-order chi connectivity index (χ1) is 13.5. The molecule has 0 aromatic heterocycles. The summed E-state index contributed by atoms with van der Waals surface area (Å²) in [4.78, 5) is 28.4. The Labute approximate surface area is 167 Å². The first-order valence-corrected chi connectivity index (χ1v) is 9.40. The Kier molecular flexibility index (Phi) is 4.83. The molecule has 1 aliphatic heterocycles. The van der Waals surface area contributed by atoms with E-state index in [-0.39, 0.29) is 27.6 Å². The number of piperazine rings is 1. The second-order valence-corrected chi connectivity index (χ2v) is 7.30. The van der Waals surface area contributed by atoms with Gasteiger partial charge in [-0.15, -0.1) is 0 Å². The number of phenols is 2. The Morgan fingerprint density at radius 1 is 0.857 bits per heavy atom. The quantitative estimate of drug-likeness (QED) is 0.773. The molecule has 144 valence electrons. The molecule has 1 aliphatic carbocycles. The van der Waals surface area contributed by atoms with Crippen LogP contribution in [0.1, 0.15) is 26.3 Å². The zero-order valence-corrected chi connectivity index (χ0v) is 15.8. The second-order valence-electron chi connectivity index (χ2n) is 6.92. The maximum absolute atomic E-state index is 12.2. The van der Waals surface area contributed by atoms with E-state index in [0.717, 1.165) is 31.8 Å². The number of rotatable bonds is 3. The zero-order chi connectivity index (χ0) is 19.8. The lowest BCUT2D eigenvalue weighted by atomic mass is 9.91. The Morgan fingerprint density at radius 2 is 1.43 bits per heavy atom. The molecule has 0 radical (unpaired) electrons. The van der Waals surface area contributed by atoms with Crippen LogP contribution in [0.5, 0.6) is 11.5 Å². The lowest BCUT2D eigenvalue weighted by Gasteiger charge is -2.37. The van der Waals surface area contributed by atoms with Crippen molar-refractivity contribution in [1.29, 1.82) is 0 Å². The van der Waals surface area contributed by atoms with Gasteiger partial charge in [0, 0.05) is 32.7 Å². The van der Waals surface area contributed by atoms with Crippen LogP contribution in [0, 0.1) is 0 Å². The molecule has 0 bridgehead atoms. The van der Waals surface area contributed by atoms with E-state index >= 15 is 0 Å². The number of carbonyl (C=O) groups excluding carboxylic acids is 2. The molecule has 1 heterocycles. The van der Waals surface area contributed by atoms with Crippen LogP contribution in [0.15, 0.2) is 42.5 Å². The topological polar surface area (TPSA) is 81.1 Å². The fraction of sp³-hybridized carbons (Fsp3) is 0.238. The monoisotopic (exact) mass is 398 g/mol. The molecule has 2 aromatic carbocycles. The molecule has 2 aliphatic rings. The molecule has 0 spiro atoms. The maximum Gasteiger partial charge on any atom is 0.190 e. The number of carbonyl (C=O) groups is 2. The van der Waals surface area contributed by atoms with Crippen molar-refractivity contribution in [3.63, 3.8) is 0 Å². The minimum absolute atomic E-state index is 0.107. The van der Waals surface area contributed by atoms with Crippen LogP contribution < -0.4 is 4.90 Å². The fourth-order valence-electron chi connectivity index (χ4n) is 3.74. The van der Waals surface area contributed by atoms with E-state index in [1.807, 2.05) is 23.1 Å². The summed E-state index contributed by atoms with van der Waals surface area (Å²) in [5, 5.41) is 21.0. The molecule has 0 saturated carbocycles.